The predicted octanol–water partition coefficient (Wildman–Crippen LogP) is 3.47. The van der Waals surface area contributed by atoms with E-state index in [9.17, 15) is 14.4 Å². The van der Waals surface area contributed by atoms with Gasteiger partial charge < -0.3 is 29.9 Å². The lowest BCUT2D eigenvalue weighted by Gasteiger charge is -2.22. The summed E-state index contributed by atoms with van der Waals surface area (Å²) >= 11 is 1.84. The average Bonchev–Trinajstić information content (AvgIpc) is 3.10. The van der Waals surface area contributed by atoms with Crippen molar-refractivity contribution in [2.45, 2.75) is 24.2 Å². The van der Waals surface area contributed by atoms with Crippen LogP contribution in [0.3, 0.4) is 0 Å². The van der Waals surface area contributed by atoms with Crippen molar-refractivity contribution in [3.63, 3.8) is 0 Å². The van der Waals surface area contributed by atoms with E-state index >= 15 is 0 Å². The number of ether oxygens (including phenoxy) is 2. The van der Waals surface area contributed by atoms with Crippen LogP contribution >= 0.6 is 11.8 Å². The van der Waals surface area contributed by atoms with Crippen molar-refractivity contribution in [3.05, 3.63) is 60.2 Å². The fourth-order valence-electron chi connectivity index (χ4n) is 3.45. The lowest BCUT2D eigenvalue weighted by Crippen LogP contribution is -2.34. The number of carbonyl (C=O) groups excluding carboxylic acids is 1. The fraction of sp³-hybridized carbons (Fsp3) is 0.346. The first kappa shape index (κ1) is 28.7. The summed E-state index contributed by atoms with van der Waals surface area (Å²) in [4.78, 5) is 35.0. The summed E-state index contributed by atoms with van der Waals surface area (Å²) < 4.78 is 10.6. The molecule has 0 bridgehead atoms. The number of rotatable bonds is 10. The second-order valence-corrected chi connectivity index (χ2v) is 8.80. The maximum atomic E-state index is 12.7. The van der Waals surface area contributed by atoms with Crippen LogP contribution in [0.4, 0.5) is 5.69 Å². The predicted molar refractivity (Wildman–Crippen MR) is 139 cm³/mol. The molecule has 0 saturated carbocycles. The van der Waals surface area contributed by atoms with Crippen molar-refractivity contribution in [1.82, 2.24) is 5.32 Å². The van der Waals surface area contributed by atoms with Gasteiger partial charge in [0.15, 0.2) is 11.5 Å². The third-order valence-electron chi connectivity index (χ3n) is 5.16. The van der Waals surface area contributed by atoms with Gasteiger partial charge in [-0.2, -0.15) is 0 Å². The maximum Gasteiger partial charge on any atom is 0.328 e. The molecule has 1 aliphatic heterocycles. The van der Waals surface area contributed by atoms with Gasteiger partial charge in [-0.15, -0.1) is 11.8 Å². The summed E-state index contributed by atoms with van der Waals surface area (Å²) in [7, 11) is 3.28. The molecule has 3 N–H and O–H groups in total. The van der Waals surface area contributed by atoms with E-state index in [1.165, 1.54) is 10.5 Å². The number of para-hydroxylation sites is 1. The minimum atomic E-state index is -1.26. The Hall–Kier alpha value is -3.50. The number of hydrogen-bond donors (Lipinski definition) is 3. The van der Waals surface area contributed by atoms with Crippen molar-refractivity contribution in [2.24, 2.45) is 0 Å². The Morgan fingerprint density at radius 3 is 2.36 bits per heavy atom. The molecule has 0 aliphatic carbocycles. The number of fused-ring (bicyclic) bond motifs is 1. The number of carboxylic acid groups (broad SMARTS) is 2. The molecule has 3 rings (SSSR count). The molecule has 9 nitrogen and oxygen atoms in total. The first-order chi connectivity index (χ1) is 17.3. The molecule has 0 spiro atoms. The highest BCUT2D eigenvalue weighted by molar-refractivity contribution is 7.99. The zero-order valence-electron chi connectivity index (χ0n) is 20.4. The molecule has 10 heteroatoms. The van der Waals surface area contributed by atoms with Crippen LogP contribution in [0.1, 0.15) is 18.4 Å². The van der Waals surface area contributed by atoms with E-state index in [2.05, 4.69) is 17.4 Å². The van der Waals surface area contributed by atoms with Crippen molar-refractivity contribution in [1.29, 1.82) is 0 Å². The quantitative estimate of drug-likeness (QED) is 0.321. The molecule has 0 aromatic heterocycles. The second kappa shape index (κ2) is 15.5. The molecule has 2 aromatic rings. The molecule has 1 amide bonds. The van der Waals surface area contributed by atoms with E-state index < -0.39 is 11.9 Å². The topological polar surface area (TPSA) is 125 Å². The third kappa shape index (κ3) is 9.63. The summed E-state index contributed by atoms with van der Waals surface area (Å²) in [5, 5.41) is 19.0. The van der Waals surface area contributed by atoms with Gasteiger partial charge in [0.25, 0.3) is 0 Å². The van der Waals surface area contributed by atoms with Gasteiger partial charge in [-0.1, -0.05) is 18.2 Å². The fourth-order valence-corrected chi connectivity index (χ4v) is 4.45. The summed E-state index contributed by atoms with van der Waals surface area (Å²) in [6, 6.07) is 14.2. The Morgan fingerprint density at radius 1 is 1.00 bits per heavy atom. The molecular weight excluding hydrogens is 484 g/mol. The number of anilines is 1. The molecule has 2 aromatic carbocycles. The molecule has 0 saturated heterocycles. The van der Waals surface area contributed by atoms with Crippen LogP contribution in [0.2, 0.25) is 0 Å². The summed E-state index contributed by atoms with van der Waals surface area (Å²) in [6.45, 7) is 2.29. The van der Waals surface area contributed by atoms with E-state index in [0.717, 1.165) is 48.9 Å². The molecule has 1 heterocycles. The number of benzene rings is 2. The number of nitrogens with zero attached hydrogens (tertiary/aromatic N) is 1. The molecule has 0 atom stereocenters. The van der Waals surface area contributed by atoms with Crippen LogP contribution in [-0.4, -0.2) is 67.7 Å². The largest absolute Gasteiger partial charge is 0.493 e. The maximum absolute atomic E-state index is 12.7. The van der Waals surface area contributed by atoms with E-state index in [0.29, 0.717) is 25.1 Å². The zero-order chi connectivity index (χ0) is 26.3. The Balaban J connectivity index is 0.000000493. The number of aliphatic carboxylic acids is 2. The minimum absolute atomic E-state index is 0.188. The number of carboxylic acids is 2. The van der Waals surface area contributed by atoms with Crippen LogP contribution in [0.15, 0.2) is 59.5 Å². The van der Waals surface area contributed by atoms with Crippen molar-refractivity contribution in [3.8, 4) is 11.5 Å². The van der Waals surface area contributed by atoms with E-state index in [1.54, 1.807) is 14.2 Å². The summed E-state index contributed by atoms with van der Waals surface area (Å²) in [5.41, 5.74) is 2.23. The van der Waals surface area contributed by atoms with Crippen LogP contribution < -0.4 is 19.7 Å². The van der Waals surface area contributed by atoms with Gasteiger partial charge in [-0.25, -0.2) is 9.59 Å². The highest BCUT2D eigenvalue weighted by Gasteiger charge is 2.20. The monoisotopic (exact) mass is 516 g/mol. The Bertz CT molecular complexity index is 1040. The highest BCUT2D eigenvalue weighted by atomic mass is 32.2. The first-order valence-corrected chi connectivity index (χ1v) is 12.4. The lowest BCUT2D eigenvalue weighted by molar-refractivity contribution is -0.134. The number of hydrogen-bond acceptors (Lipinski definition) is 7. The van der Waals surface area contributed by atoms with Crippen LogP contribution in [0.5, 0.6) is 11.5 Å². The van der Waals surface area contributed by atoms with Crippen molar-refractivity contribution in [2.75, 3.05) is 44.5 Å². The Morgan fingerprint density at radius 2 is 1.69 bits per heavy atom. The molecule has 194 valence electrons. The molecule has 0 fully saturated rings. The molecule has 0 radical (unpaired) electrons. The van der Waals surface area contributed by atoms with Crippen molar-refractivity contribution < 1.29 is 34.1 Å². The average molecular weight is 517 g/mol. The van der Waals surface area contributed by atoms with Gasteiger partial charge in [-0.3, -0.25) is 4.79 Å². The van der Waals surface area contributed by atoms with E-state index in [-0.39, 0.29) is 5.91 Å². The summed E-state index contributed by atoms with van der Waals surface area (Å²) in [6.07, 6.45) is 3.52. The Labute approximate surface area is 215 Å². The minimum Gasteiger partial charge on any atom is -0.493 e. The van der Waals surface area contributed by atoms with Gasteiger partial charge in [0.1, 0.15) is 0 Å². The highest BCUT2D eigenvalue weighted by Crippen LogP contribution is 2.33. The van der Waals surface area contributed by atoms with Crippen LogP contribution in [-0.2, 0) is 20.8 Å². The number of thioether (sulfide) groups is 1. The number of amides is 1. The number of carbonyl (C=O) groups is 3. The number of methoxy groups -OCH3 is 2. The van der Waals surface area contributed by atoms with Gasteiger partial charge >= 0.3 is 11.9 Å². The second-order valence-electron chi connectivity index (χ2n) is 7.66. The third-order valence-corrected chi connectivity index (χ3v) is 6.31. The standard InChI is InChI=1S/C22H28N2O3S.C4H4O4/c1-26-19-9-8-17(16-20(19)27-2)10-12-23-13-11-22(25)24-14-5-15-28-21-7-4-3-6-18(21)24;5-3(6)1-2-4(7)8/h3-4,6-9,16,23H,5,10-15H2,1-2H3;1-2H,(H,5,6)(H,7,8). The van der Waals surface area contributed by atoms with Crippen molar-refractivity contribution >= 4 is 35.3 Å². The SMILES string of the molecule is COc1ccc(CCNCCC(=O)N2CCCSc3ccccc32)cc1OC.O=C(O)C=CC(=O)O. The molecule has 1 aliphatic rings. The zero-order valence-corrected chi connectivity index (χ0v) is 21.3. The first-order valence-electron chi connectivity index (χ1n) is 11.4. The van der Waals surface area contributed by atoms with Crippen LogP contribution in [0, 0.1) is 0 Å². The normalized spacial score (nSPS) is 12.7. The van der Waals surface area contributed by atoms with Gasteiger partial charge in [0.05, 0.1) is 19.9 Å². The number of nitrogens with one attached hydrogen (secondary N) is 1. The lowest BCUT2D eigenvalue weighted by atomic mass is 10.1. The smallest absolute Gasteiger partial charge is 0.328 e. The van der Waals surface area contributed by atoms with Crippen LogP contribution in [0.25, 0.3) is 0 Å². The van der Waals surface area contributed by atoms with E-state index in [4.69, 9.17) is 19.7 Å². The van der Waals surface area contributed by atoms with Gasteiger partial charge in [0.2, 0.25) is 5.91 Å². The molecule has 0 unspecified atom stereocenters. The molecule has 36 heavy (non-hydrogen) atoms. The Kier molecular flexibility index (Phi) is 12.4. The van der Waals surface area contributed by atoms with E-state index in [1.807, 2.05) is 47.0 Å². The van der Waals surface area contributed by atoms with Gasteiger partial charge in [-0.05, 0) is 55.0 Å². The van der Waals surface area contributed by atoms with Gasteiger partial charge in [0, 0.05) is 36.6 Å². The molecular formula is C26H32N2O7S. The summed E-state index contributed by atoms with van der Waals surface area (Å²) in [5.74, 6) is 0.214.